The molecule has 0 N–H and O–H groups in total. The van der Waals surface area contributed by atoms with Crippen LogP contribution in [0, 0.1) is 17.0 Å². The number of aromatic nitrogens is 2. The van der Waals surface area contributed by atoms with E-state index >= 15 is 0 Å². The molecule has 0 amide bonds. The van der Waals surface area contributed by atoms with Gasteiger partial charge in [-0.05, 0) is 61.2 Å². The maximum Gasteiger partial charge on any atom is 0.313 e. The van der Waals surface area contributed by atoms with Gasteiger partial charge in [-0.3, -0.25) is 19.7 Å². The molecule has 0 atom stereocenters. The molecule has 0 unspecified atom stereocenters. The van der Waals surface area contributed by atoms with E-state index in [2.05, 4.69) is 21.0 Å². The van der Waals surface area contributed by atoms with E-state index in [0.29, 0.717) is 27.5 Å². The summed E-state index contributed by atoms with van der Waals surface area (Å²) in [6, 6.07) is 13.5. The van der Waals surface area contributed by atoms with Gasteiger partial charge in [-0.2, -0.15) is 9.78 Å². The predicted octanol–water partition coefficient (Wildman–Crippen LogP) is 6.37. The standard InChI is InChI=1S/C29H27BrN4O6/c1-6-39-26-11-17(4)23(14-22(26)16(2)3)28-32-24-10-8-7-9-21(24)29(36)33(28)31-15-19-12-20(30)13-25(34(37)38)27(19)40-18(5)35/h7-16H,6H2,1-5H3. The highest BCUT2D eigenvalue weighted by Crippen LogP contribution is 2.36. The summed E-state index contributed by atoms with van der Waals surface area (Å²) in [4.78, 5) is 41.3. The quantitative estimate of drug-likeness (QED) is 0.0749. The highest BCUT2D eigenvalue weighted by Gasteiger charge is 2.23. The summed E-state index contributed by atoms with van der Waals surface area (Å²) in [5.74, 6) is 0.132. The minimum absolute atomic E-state index is 0.119. The Hall–Kier alpha value is -4.38. The molecule has 0 bridgehead atoms. The number of hydrogen-bond donors (Lipinski definition) is 0. The van der Waals surface area contributed by atoms with Crippen LogP contribution in [-0.2, 0) is 4.79 Å². The van der Waals surface area contributed by atoms with Gasteiger partial charge in [0.1, 0.15) is 5.75 Å². The van der Waals surface area contributed by atoms with Crippen LogP contribution in [0.25, 0.3) is 22.3 Å². The number of carbonyl (C=O) groups excluding carboxylic acids is 1. The monoisotopic (exact) mass is 606 g/mol. The van der Waals surface area contributed by atoms with Crippen LogP contribution in [0.1, 0.15) is 50.3 Å². The number of esters is 1. The summed E-state index contributed by atoms with van der Waals surface area (Å²) >= 11 is 3.26. The molecule has 0 aliphatic rings. The number of benzene rings is 3. The Morgan fingerprint density at radius 1 is 1.23 bits per heavy atom. The average Bonchev–Trinajstić information content (AvgIpc) is 2.89. The molecule has 40 heavy (non-hydrogen) atoms. The van der Waals surface area contributed by atoms with Crippen molar-refractivity contribution < 1.29 is 19.2 Å². The fourth-order valence-electron chi connectivity index (χ4n) is 4.28. The molecule has 0 fully saturated rings. The van der Waals surface area contributed by atoms with Crippen LogP contribution in [0.4, 0.5) is 5.69 Å². The zero-order chi connectivity index (χ0) is 29.1. The first-order chi connectivity index (χ1) is 19.0. The number of halogens is 1. The van der Waals surface area contributed by atoms with E-state index in [1.165, 1.54) is 18.3 Å². The Balaban J connectivity index is 2.01. The van der Waals surface area contributed by atoms with E-state index in [4.69, 9.17) is 14.5 Å². The maximum atomic E-state index is 13.7. The fourth-order valence-corrected chi connectivity index (χ4v) is 4.75. The predicted molar refractivity (Wildman–Crippen MR) is 157 cm³/mol. The summed E-state index contributed by atoms with van der Waals surface area (Å²) in [5, 5.41) is 16.5. The van der Waals surface area contributed by atoms with Crippen LogP contribution in [0.2, 0.25) is 0 Å². The van der Waals surface area contributed by atoms with Gasteiger partial charge in [-0.1, -0.05) is 41.9 Å². The Labute approximate surface area is 238 Å². The number of nitro groups is 1. The van der Waals surface area contributed by atoms with E-state index in [1.807, 2.05) is 39.8 Å². The van der Waals surface area contributed by atoms with E-state index < -0.39 is 22.1 Å². The van der Waals surface area contributed by atoms with Crippen molar-refractivity contribution in [2.24, 2.45) is 5.10 Å². The Morgan fingerprint density at radius 3 is 2.60 bits per heavy atom. The number of hydrogen-bond acceptors (Lipinski definition) is 8. The second kappa shape index (κ2) is 11.8. The molecule has 4 rings (SSSR count). The first-order valence-electron chi connectivity index (χ1n) is 12.5. The molecule has 10 nitrogen and oxygen atoms in total. The van der Waals surface area contributed by atoms with E-state index in [-0.39, 0.29) is 23.1 Å². The van der Waals surface area contributed by atoms with Crippen molar-refractivity contribution in [3.8, 4) is 22.9 Å². The molecule has 0 spiro atoms. The van der Waals surface area contributed by atoms with Gasteiger partial charge in [0.2, 0.25) is 5.75 Å². The van der Waals surface area contributed by atoms with Crippen molar-refractivity contribution in [2.75, 3.05) is 6.61 Å². The number of aryl methyl sites for hydroxylation is 1. The van der Waals surface area contributed by atoms with Gasteiger partial charge in [0.25, 0.3) is 5.56 Å². The topological polar surface area (TPSA) is 126 Å². The van der Waals surface area contributed by atoms with Crippen molar-refractivity contribution in [1.29, 1.82) is 0 Å². The number of nitrogens with zero attached hydrogens (tertiary/aromatic N) is 4. The Bertz CT molecular complexity index is 1730. The molecule has 0 saturated carbocycles. The number of ether oxygens (including phenoxy) is 2. The molecule has 3 aromatic carbocycles. The highest BCUT2D eigenvalue weighted by molar-refractivity contribution is 9.10. The lowest BCUT2D eigenvalue weighted by Gasteiger charge is -2.18. The molecular weight excluding hydrogens is 580 g/mol. The second-order valence-electron chi connectivity index (χ2n) is 9.30. The van der Waals surface area contributed by atoms with Gasteiger partial charge in [0.15, 0.2) is 5.82 Å². The van der Waals surface area contributed by atoms with Crippen molar-refractivity contribution in [1.82, 2.24) is 9.66 Å². The summed E-state index contributed by atoms with van der Waals surface area (Å²) in [6.07, 6.45) is 1.24. The fraction of sp³-hybridized carbons (Fsp3) is 0.241. The number of para-hydroxylation sites is 1. The van der Waals surface area contributed by atoms with Gasteiger partial charge >= 0.3 is 11.7 Å². The van der Waals surface area contributed by atoms with Gasteiger partial charge in [-0.25, -0.2) is 4.98 Å². The Kier molecular flexibility index (Phi) is 8.43. The van der Waals surface area contributed by atoms with Crippen molar-refractivity contribution in [3.05, 3.63) is 90.2 Å². The van der Waals surface area contributed by atoms with Crippen LogP contribution >= 0.6 is 15.9 Å². The molecule has 0 aliphatic carbocycles. The maximum absolute atomic E-state index is 13.7. The molecule has 1 aromatic heterocycles. The molecule has 206 valence electrons. The summed E-state index contributed by atoms with van der Waals surface area (Å²) in [5.41, 5.74) is 2.18. The molecule has 11 heteroatoms. The molecule has 0 radical (unpaired) electrons. The molecule has 0 saturated heterocycles. The number of fused-ring (bicyclic) bond motifs is 1. The summed E-state index contributed by atoms with van der Waals surface area (Å²) in [7, 11) is 0. The highest BCUT2D eigenvalue weighted by atomic mass is 79.9. The van der Waals surface area contributed by atoms with Gasteiger partial charge < -0.3 is 9.47 Å². The zero-order valence-electron chi connectivity index (χ0n) is 22.6. The molecule has 1 heterocycles. The lowest BCUT2D eigenvalue weighted by atomic mass is 9.96. The zero-order valence-corrected chi connectivity index (χ0v) is 24.2. The minimum atomic E-state index is -0.739. The molecule has 4 aromatic rings. The van der Waals surface area contributed by atoms with Crippen LogP contribution in [0.15, 0.2) is 62.9 Å². The van der Waals surface area contributed by atoms with Crippen LogP contribution in [0.3, 0.4) is 0 Å². The first-order valence-corrected chi connectivity index (χ1v) is 13.3. The van der Waals surface area contributed by atoms with Crippen molar-refractivity contribution in [3.63, 3.8) is 0 Å². The first kappa shape index (κ1) is 28.6. The van der Waals surface area contributed by atoms with E-state index in [0.717, 1.165) is 28.5 Å². The third-order valence-electron chi connectivity index (χ3n) is 6.09. The Morgan fingerprint density at radius 2 is 1.95 bits per heavy atom. The van der Waals surface area contributed by atoms with E-state index in [1.54, 1.807) is 24.3 Å². The second-order valence-corrected chi connectivity index (χ2v) is 10.2. The van der Waals surface area contributed by atoms with Crippen LogP contribution < -0.4 is 15.0 Å². The van der Waals surface area contributed by atoms with Crippen molar-refractivity contribution >= 4 is 44.7 Å². The third kappa shape index (κ3) is 5.79. The third-order valence-corrected chi connectivity index (χ3v) is 6.55. The van der Waals surface area contributed by atoms with Gasteiger partial charge in [0, 0.05) is 28.6 Å². The van der Waals surface area contributed by atoms with Crippen molar-refractivity contribution in [2.45, 2.75) is 40.5 Å². The lowest BCUT2D eigenvalue weighted by molar-refractivity contribution is -0.385. The van der Waals surface area contributed by atoms with Gasteiger partial charge in [0.05, 0.1) is 28.6 Å². The lowest BCUT2D eigenvalue weighted by Crippen LogP contribution is -2.21. The van der Waals surface area contributed by atoms with Gasteiger partial charge in [-0.15, -0.1) is 0 Å². The molecule has 0 aliphatic heterocycles. The average molecular weight is 607 g/mol. The number of nitro benzene ring substituents is 1. The smallest absolute Gasteiger partial charge is 0.313 e. The number of carbonyl (C=O) groups is 1. The normalized spacial score (nSPS) is 11.4. The molecular formula is C29H27BrN4O6. The minimum Gasteiger partial charge on any atom is -0.494 e. The summed E-state index contributed by atoms with van der Waals surface area (Å²) in [6.45, 7) is 9.56. The largest absolute Gasteiger partial charge is 0.494 e. The number of rotatable bonds is 8. The SMILES string of the molecule is CCOc1cc(C)c(-c2nc3ccccc3c(=O)n2N=Cc2cc(Br)cc([N+](=O)[O-])c2OC(C)=O)cc1C(C)C. The van der Waals surface area contributed by atoms with E-state index in [9.17, 15) is 19.7 Å². The summed E-state index contributed by atoms with van der Waals surface area (Å²) < 4.78 is 12.6. The van der Waals surface area contributed by atoms with Crippen LogP contribution in [-0.4, -0.2) is 33.4 Å². The van der Waals surface area contributed by atoms with Crippen LogP contribution in [0.5, 0.6) is 11.5 Å².